The lowest BCUT2D eigenvalue weighted by Gasteiger charge is -2.12. The van der Waals surface area contributed by atoms with Crippen molar-refractivity contribution >= 4 is 29.2 Å². The molecule has 0 heterocycles. The van der Waals surface area contributed by atoms with E-state index in [2.05, 4.69) is 0 Å². The Labute approximate surface area is 133 Å². The van der Waals surface area contributed by atoms with Crippen LogP contribution >= 0.6 is 23.2 Å². The largest absolute Gasteiger partial charge is 0.492 e. The Morgan fingerprint density at radius 3 is 2.43 bits per heavy atom. The molecule has 1 N–H and O–H groups in total. The van der Waals surface area contributed by atoms with Gasteiger partial charge in [0.1, 0.15) is 5.75 Å². The lowest BCUT2D eigenvalue weighted by Crippen LogP contribution is -1.98. The van der Waals surface area contributed by atoms with Gasteiger partial charge in [-0.25, -0.2) is 4.79 Å². The van der Waals surface area contributed by atoms with E-state index in [-0.39, 0.29) is 5.56 Å². The molecule has 2 aromatic carbocycles. The number of aromatic carboxylic acids is 1. The quantitative estimate of drug-likeness (QED) is 0.854. The second-order valence-electron chi connectivity index (χ2n) is 4.53. The van der Waals surface area contributed by atoms with Crippen molar-refractivity contribution in [2.75, 3.05) is 6.61 Å². The molecule has 0 aromatic heterocycles. The van der Waals surface area contributed by atoms with Crippen LogP contribution < -0.4 is 4.74 Å². The maximum Gasteiger partial charge on any atom is 0.335 e. The van der Waals surface area contributed by atoms with Gasteiger partial charge < -0.3 is 9.84 Å². The number of ether oxygens (including phenoxy) is 1. The van der Waals surface area contributed by atoms with Crippen molar-refractivity contribution in [1.82, 2.24) is 0 Å². The lowest BCUT2D eigenvalue weighted by molar-refractivity contribution is 0.0697. The van der Waals surface area contributed by atoms with E-state index in [4.69, 9.17) is 33.0 Å². The van der Waals surface area contributed by atoms with Gasteiger partial charge in [0.05, 0.1) is 22.2 Å². The third-order valence-electron chi connectivity index (χ3n) is 3.08. The first kappa shape index (κ1) is 15.7. The van der Waals surface area contributed by atoms with Crippen LogP contribution in [0.25, 0.3) is 11.1 Å². The summed E-state index contributed by atoms with van der Waals surface area (Å²) in [6.45, 7) is 4.21. The Kier molecular flexibility index (Phi) is 4.76. The highest BCUT2D eigenvalue weighted by atomic mass is 35.5. The molecule has 2 rings (SSSR count). The summed E-state index contributed by atoms with van der Waals surface area (Å²) in [6.07, 6.45) is 0. The maximum absolute atomic E-state index is 11.0. The minimum Gasteiger partial charge on any atom is -0.492 e. The summed E-state index contributed by atoms with van der Waals surface area (Å²) in [4.78, 5) is 11.0. The maximum atomic E-state index is 11.0. The van der Waals surface area contributed by atoms with E-state index in [1.165, 1.54) is 0 Å². The highest BCUT2D eigenvalue weighted by Crippen LogP contribution is 2.38. The van der Waals surface area contributed by atoms with Crippen LogP contribution in [0.3, 0.4) is 0 Å². The topological polar surface area (TPSA) is 46.5 Å². The Bertz CT molecular complexity index is 696. The van der Waals surface area contributed by atoms with Crippen LogP contribution in [0.15, 0.2) is 30.3 Å². The monoisotopic (exact) mass is 324 g/mol. The predicted molar refractivity (Wildman–Crippen MR) is 84.8 cm³/mol. The van der Waals surface area contributed by atoms with Crippen molar-refractivity contribution in [3.8, 4) is 16.9 Å². The molecule has 3 nitrogen and oxygen atoms in total. The fourth-order valence-corrected chi connectivity index (χ4v) is 2.57. The number of hydrogen-bond acceptors (Lipinski definition) is 2. The van der Waals surface area contributed by atoms with E-state index in [0.717, 1.165) is 16.7 Å². The lowest BCUT2D eigenvalue weighted by atomic mass is 9.98. The molecule has 0 bridgehead atoms. The molecule has 0 aliphatic carbocycles. The molecule has 0 aliphatic rings. The van der Waals surface area contributed by atoms with E-state index < -0.39 is 5.97 Å². The minimum absolute atomic E-state index is 0.240. The molecule has 0 aliphatic heterocycles. The molecular formula is C16H14Cl2O3. The van der Waals surface area contributed by atoms with Gasteiger partial charge in [0.2, 0.25) is 0 Å². The molecule has 2 aromatic rings. The normalized spacial score (nSPS) is 10.5. The molecule has 0 radical (unpaired) electrons. The summed E-state index contributed by atoms with van der Waals surface area (Å²) >= 11 is 12.5. The standard InChI is InChI=1S/C16H14Cl2O3/c1-3-21-15-8-13(17)12(7-14(15)18)11-5-4-10(16(19)20)6-9(11)2/h4-8H,3H2,1-2H3,(H,19,20). The van der Waals surface area contributed by atoms with Gasteiger partial charge in [-0.3, -0.25) is 0 Å². The zero-order valence-electron chi connectivity index (χ0n) is 11.6. The average Bonchev–Trinajstić information content (AvgIpc) is 2.43. The molecule has 0 atom stereocenters. The van der Waals surface area contributed by atoms with Crippen LogP contribution in [0, 0.1) is 6.92 Å². The highest BCUT2D eigenvalue weighted by Gasteiger charge is 2.13. The number of rotatable bonds is 4. The molecule has 0 amide bonds. The Morgan fingerprint density at radius 2 is 1.86 bits per heavy atom. The SMILES string of the molecule is CCOc1cc(Cl)c(-c2ccc(C(=O)O)cc2C)cc1Cl. The van der Waals surface area contributed by atoms with Crippen LogP contribution in [0.2, 0.25) is 10.0 Å². The van der Waals surface area contributed by atoms with Gasteiger partial charge >= 0.3 is 5.97 Å². The summed E-state index contributed by atoms with van der Waals surface area (Å²) in [5.41, 5.74) is 2.65. The van der Waals surface area contributed by atoms with Crippen LogP contribution in [0.5, 0.6) is 5.75 Å². The number of hydrogen-bond donors (Lipinski definition) is 1. The first-order valence-electron chi connectivity index (χ1n) is 6.40. The van der Waals surface area contributed by atoms with E-state index in [1.807, 2.05) is 13.8 Å². The fraction of sp³-hybridized carbons (Fsp3) is 0.188. The van der Waals surface area contributed by atoms with Crippen LogP contribution in [0.4, 0.5) is 0 Å². The summed E-state index contributed by atoms with van der Waals surface area (Å²) in [5, 5.41) is 9.98. The van der Waals surface area contributed by atoms with Crippen LogP contribution in [-0.4, -0.2) is 17.7 Å². The van der Waals surface area contributed by atoms with Crippen molar-refractivity contribution < 1.29 is 14.6 Å². The number of carboxylic acid groups (broad SMARTS) is 1. The fourth-order valence-electron chi connectivity index (χ4n) is 2.10. The first-order valence-corrected chi connectivity index (χ1v) is 7.15. The van der Waals surface area contributed by atoms with Crippen molar-refractivity contribution in [1.29, 1.82) is 0 Å². The molecular weight excluding hydrogens is 311 g/mol. The molecule has 0 spiro atoms. The summed E-state index contributed by atoms with van der Waals surface area (Å²) < 4.78 is 5.40. The molecule has 110 valence electrons. The molecule has 0 unspecified atom stereocenters. The van der Waals surface area contributed by atoms with Crippen LogP contribution in [0.1, 0.15) is 22.8 Å². The van der Waals surface area contributed by atoms with Gasteiger partial charge in [0, 0.05) is 11.6 Å². The van der Waals surface area contributed by atoms with Crippen molar-refractivity contribution in [2.24, 2.45) is 0 Å². The number of carbonyl (C=O) groups is 1. The van der Waals surface area contributed by atoms with Gasteiger partial charge in [-0.05, 0) is 43.2 Å². The number of benzene rings is 2. The van der Waals surface area contributed by atoms with E-state index in [1.54, 1.807) is 30.3 Å². The third-order valence-corrected chi connectivity index (χ3v) is 3.69. The number of carboxylic acids is 1. The van der Waals surface area contributed by atoms with E-state index >= 15 is 0 Å². The van der Waals surface area contributed by atoms with Gasteiger partial charge in [-0.1, -0.05) is 29.3 Å². The van der Waals surface area contributed by atoms with Gasteiger partial charge in [-0.2, -0.15) is 0 Å². The second kappa shape index (κ2) is 6.37. The third kappa shape index (κ3) is 3.31. The van der Waals surface area contributed by atoms with Gasteiger partial charge in [-0.15, -0.1) is 0 Å². The number of halogens is 2. The Morgan fingerprint density at radius 1 is 1.14 bits per heavy atom. The molecule has 5 heteroatoms. The number of aryl methyl sites for hydroxylation is 1. The summed E-state index contributed by atoms with van der Waals surface area (Å²) in [5.74, 6) is -0.423. The highest BCUT2D eigenvalue weighted by molar-refractivity contribution is 6.36. The minimum atomic E-state index is -0.958. The second-order valence-corrected chi connectivity index (χ2v) is 5.34. The zero-order chi connectivity index (χ0) is 15.6. The van der Waals surface area contributed by atoms with E-state index in [9.17, 15) is 4.79 Å². The Hall–Kier alpha value is -1.71. The summed E-state index contributed by atoms with van der Waals surface area (Å²) in [7, 11) is 0. The molecule has 0 saturated carbocycles. The van der Waals surface area contributed by atoms with Crippen LogP contribution in [-0.2, 0) is 0 Å². The van der Waals surface area contributed by atoms with Crippen molar-refractivity contribution in [3.05, 3.63) is 51.5 Å². The van der Waals surface area contributed by atoms with Gasteiger partial charge in [0.15, 0.2) is 0 Å². The smallest absolute Gasteiger partial charge is 0.335 e. The Balaban J connectivity index is 2.52. The zero-order valence-corrected chi connectivity index (χ0v) is 13.1. The van der Waals surface area contributed by atoms with Crippen molar-refractivity contribution in [3.63, 3.8) is 0 Å². The molecule has 0 fully saturated rings. The van der Waals surface area contributed by atoms with Gasteiger partial charge in [0.25, 0.3) is 0 Å². The first-order chi connectivity index (χ1) is 9.93. The van der Waals surface area contributed by atoms with Crippen molar-refractivity contribution in [2.45, 2.75) is 13.8 Å². The predicted octanol–water partition coefficient (Wildman–Crippen LogP) is 5.07. The average molecular weight is 325 g/mol. The molecule has 21 heavy (non-hydrogen) atoms. The summed E-state index contributed by atoms with van der Waals surface area (Å²) in [6, 6.07) is 8.30. The molecule has 0 saturated heterocycles. The van der Waals surface area contributed by atoms with E-state index in [0.29, 0.717) is 22.4 Å².